The summed E-state index contributed by atoms with van der Waals surface area (Å²) in [5.74, 6) is -0.920. The summed E-state index contributed by atoms with van der Waals surface area (Å²) in [4.78, 5) is 37.4. The Hall–Kier alpha value is -2.37. The number of hydrogen-bond acceptors (Lipinski definition) is 3. The van der Waals surface area contributed by atoms with Gasteiger partial charge in [-0.15, -0.1) is 0 Å². The van der Waals surface area contributed by atoms with Crippen LogP contribution in [0.4, 0.5) is 5.69 Å². The number of nitrogens with two attached hydrogens (primary N) is 1. The van der Waals surface area contributed by atoms with Crippen LogP contribution in [0.3, 0.4) is 0 Å². The van der Waals surface area contributed by atoms with E-state index in [9.17, 15) is 14.4 Å². The molecule has 0 bridgehead atoms. The third kappa shape index (κ3) is 3.44. The molecule has 3 N–H and O–H groups in total. The van der Waals surface area contributed by atoms with Gasteiger partial charge in [0.15, 0.2) is 0 Å². The minimum atomic E-state index is -0.548. The minimum absolute atomic E-state index is 0.0106. The lowest BCUT2D eigenvalue weighted by molar-refractivity contribution is -0.139. The maximum Gasteiger partial charge on any atom is 0.248 e. The first kappa shape index (κ1) is 16.0. The van der Waals surface area contributed by atoms with Gasteiger partial charge in [-0.25, -0.2) is 0 Å². The Morgan fingerprint density at radius 2 is 2.05 bits per heavy atom. The van der Waals surface area contributed by atoms with Crippen molar-refractivity contribution in [2.45, 2.75) is 32.7 Å². The standard InChI is InChI=1S/C16H21N3O3/c1-10(2)16(22)19-8-4-7-13(19)15(21)18-12-6-3-5-11(9-12)14(17)20/h3,5-6,9-10,13H,4,7-8H2,1-2H3,(H2,17,20)(H,18,21). The van der Waals surface area contributed by atoms with Crippen molar-refractivity contribution in [3.05, 3.63) is 29.8 Å². The van der Waals surface area contributed by atoms with Gasteiger partial charge in [-0.1, -0.05) is 19.9 Å². The number of carbonyl (C=O) groups excluding carboxylic acids is 3. The lowest BCUT2D eigenvalue weighted by Gasteiger charge is -2.25. The van der Waals surface area contributed by atoms with Crippen molar-refractivity contribution in [2.24, 2.45) is 11.7 Å². The monoisotopic (exact) mass is 303 g/mol. The van der Waals surface area contributed by atoms with Crippen molar-refractivity contribution < 1.29 is 14.4 Å². The summed E-state index contributed by atoms with van der Waals surface area (Å²) in [5.41, 5.74) is 6.06. The second-order valence-electron chi connectivity index (χ2n) is 5.78. The van der Waals surface area contributed by atoms with Gasteiger partial charge in [-0.2, -0.15) is 0 Å². The van der Waals surface area contributed by atoms with E-state index in [1.807, 2.05) is 13.8 Å². The fourth-order valence-corrected chi connectivity index (χ4v) is 2.61. The molecule has 1 aromatic carbocycles. The molecule has 6 nitrogen and oxygen atoms in total. The minimum Gasteiger partial charge on any atom is -0.366 e. The average molecular weight is 303 g/mol. The van der Waals surface area contributed by atoms with E-state index >= 15 is 0 Å². The predicted octanol–water partition coefficient (Wildman–Crippen LogP) is 1.37. The average Bonchev–Trinajstić information content (AvgIpc) is 2.95. The van der Waals surface area contributed by atoms with Crippen molar-refractivity contribution in [1.82, 2.24) is 4.90 Å². The Balaban J connectivity index is 2.10. The highest BCUT2D eigenvalue weighted by atomic mass is 16.2. The van der Waals surface area contributed by atoms with E-state index in [4.69, 9.17) is 5.73 Å². The van der Waals surface area contributed by atoms with Gasteiger partial charge in [0, 0.05) is 23.7 Å². The van der Waals surface area contributed by atoms with Crippen LogP contribution in [0.15, 0.2) is 24.3 Å². The molecule has 0 aromatic heterocycles. The van der Waals surface area contributed by atoms with Crippen molar-refractivity contribution in [3.8, 4) is 0 Å². The molecule has 1 aromatic rings. The second kappa shape index (κ2) is 6.60. The molecule has 1 saturated heterocycles. The van der Waals surface area contributed by atoms with Crippen LogP contribution < -0.4 is 11.1 Å². The van der Waals surface area contributed by atoms with E-state index in [0.29, 0.717) is 24.2 Å². The van der Waals surface area contributed by atoms with Crippen LogP contribution in [0.2, 0.25) is 0 Å². The van der Waals surface area contributed by atoms with Crippen LogP contribution in [0, 0.1) is 5.92 Å². The quantitative estimate of drug-likeness (QED) is 0.880. The summed E-state index contributed by atoms with van der Waals surface area (Å²) in [6.07, 6.45) is 1.47. The maximum absolute atomic E-state index is 12.4. The SMILES string of the molecule is CC(C)C(=O)N1CCCC1C(=O)Nc1cccc(C(N)=O)c1. The van der Waals surface area contributed by atoms with Crippen molar-refractivity contribution in [3.63, 3.8) is 0 Å². The molecule has 1 fully saturated rings. The number of likely N-dealkylation sites (tertiary alicyclic amines) is 1. The molecule has 1 heterocycles. The van der Waals surface area contributed by atoms with Gasteiger partial charge in [0.25, 0.3) is 0 Å². The maximum atomic E-state index is 12.4. The fourth-order valence-electron chi connectivity index (χ4n) is 2.61. The predicted molar refractivity (Wildman–Crippen MR) is 83.2 cm³/mol. The van der Waals surface area contributed by atoms with Gasteiger partial charge < -0.3 is 16.0 Å². The molecule has 0 saturated carbocycles. The number of amides is 3. The molecule has 1 aliphatic rings. The Kier molecular flexibility index (Phi) is 4.80. The lowest BCUT2D eigenvalue weighted by Crippen LogP contribution is -2.44. The molecule has 1 atom stereocenters. The molecule has 118 valence electrons. The molecule has 0 spiro atoms. The van der Waals surface area contributed by atoms with E-state index in [2.05, 4.69) is 5.32 Å². The summed E-state index contributed by atoms with van der Waals surface area (Å²) in [7, 11) is 0. The van der Waals surface area contributed by atoms with Gasteiger partial charge >= 0.3 is 0 Å². The molecular weight excluding hydrogens is 282 g/mol. The molecule has 1 aliphatic heterocycles. The number of carbonyl (C=O) groups is 3. The number of rotatable bonds is 4. The largest absolute Gasteiger partial charge is 0.366 e. The number of anilines is 1. The number of nitrogens with zero attached hydrogens (tertiary/aromatic N) is 1. The second-order valence-corrected chi connectivity index (χ2v) is 5.78. The van der Waals surface area contributed by atoms with Crippen LogP contribution in [-0.2, 0) is 9.59 Å². The summed E-state index contributed by atoms with van der Waals surface area (Å²) in [5, 5.41) is 2.76. The molecule has 1 unspecified atom stereocenters. The van der Waals surface area contributed by atoms with E-state index in [1.165, 1.54) is 6.07 Å². The van der Waals surface area contributed by atoms with Crippen LogP contribution in [0.5, 0.6) is 0 Å². The van der Waals surface area contributed by atoms with Crippen molar-refractivity contribution >= 4 is 23.4 Å². The van der Waals surface area contributed by atoms with E-state index in [1.54, 1.807) is 23.1 Å². The fraction of sp³-hybridized carbons (Fsp3) is 0.438. The lowest BCUT2D eigenvalue weighted by atomic mass is 10.1. The normalized spacial score (nSPS) is 17.6. The molecule has 6 heteroatoms. The molecule has 0 aliphatic carbocycles. The molecule has 3 amide bonds. The topological polar surface area (TPSA) is 92.5 Å². The summed E-state index contributed by atoms with van der Waals surface area (Å²) in [6.45, 7) is 4.26. The molecule has 22 heavy (non-hydrogen) atoms. The van der Waals surface area contributed by atoms with Gasteiger partial charge in [-0.3, -0.25) is 14.4 Å². The zero-order valence-corrected chi connectivity index (χ0v) is 12.8. The number of primary amides is 1. The summed E-state index contributed by atoms with van der Waals surface area (Å²) < 4.78 is 0. The third-order valence-corrected chi connectivity index (χ3v) is 3.75. The number of hydrogen-bond donors (Lipinski definition) is 2. The van der Waals surface area contributed by atoms with Crippen LogP contribution in [-0.4, -0.2) is 35.2 Å². The Bertz CT molecular complexity index is 598. The zero-order valence-electron chi connectivity index (χ0n) is 12.8. The van der Waals surface area contributed by atoms with Crippen molar-refractivity contribution in [2.75, 3.05) is 11.9 Å². The Labute approximate surface area is 129 Å². The van der Waals surface area contributed by atoms with E-state index in [-0.39, 0.29) is 17.7 Å². The Morgan fingerprint density at radius 3 is 2.68 bits per heavy atom. The van der Waals surface area contributed by atoms with E-state index < -0.39 is 11.9 Å². The summed E-state index contributed by atoms with van der Waals surface area (Å²) >= 11 is 0. The first-order chi connectivity index (χ1) is 10.4. The smallest absolute Gasteiger partial charge is 0.248 e. The van der Waals surface area contributed by atoms with Gasteiger partial charge in [0.05, 0.1) is 0 Å². The van der Waals surface area contributed by atoms with Crippen LogP contribution in [0.25, 0.3) is 0 Å². The third-order valence-electron chi connectivity index (χ3n) is 3.75. The highest BCUT2D eigenvalue weighted by molar-refractivity contribution is 5.99. The van der Waals surface area contributed by atoms with Crippen LogP contribution >= 0.6 is 0 Å². The Morgan fingerprint density at radius 1 is 1.32 bits per heavy atom. The van der Waals surface area contributed by atoms with E-state index in [0.717, 1.165) is 6.42 Å². The number of benzene rings is 1. The van der Waals surface area contributed by atoms with Crippen LogP contribution in [0.1, 0.15) is 37.0 Å². The molecule has 0 radical (unpaired) electrons. The first-order valence-electron chi connectivity index (χ1n) is 7.41. The zero-order chi connectivity index (χ0) is 16.3. The highest BCUT2D eigenvalue weighted by Gasteiger charge is 2.34. The van der Waals surface area contributed by atoms with Gasteiger partial charge in [0.2, 0.25) is 17.7 Å². The summed E-state index contributed by atoms with van der Waals surface area (Å²) in [6, 6.07) is 6.01. The van der Waals surface area contributed by atoms with Gasteiger partial charge in [-0.05, 0) is 31.0 Å². The first-order valence-corrected chi connectivity index (χ1v) is 7.41. The van der Waals surface area contributed by atoms with Gasteiger partial charge in [0.1, 0.15) is 6.04 Å². The van der Waals surface area contributed by atoms with Crippen molar-refractivity contribution in [1.29, 1.82) is 0 Å². The molecular formula is C16H21N3O3. The molecule has 2 rings (SSSR count). The highest BCUT2D eigenvalue weighted by Crippen LogP contribution is 2.21. The number of nitrogens with one attached hydrogen (secondary N) is 1.